The van der Waals surface area contributed by atoms with E-state index < -0.39 is 39.8 Å². The van der Waals surface area contributed by atoms with Gasteiger partial charge in [-0.1, -0.05) is 19.1 Å². The van der Waals surface area contributed by atoms with Crippen LogP contribution in [-0.4, -0.2) is 74.4 Å². The Hall–Kier alpha value is -2.83. The van der Waals surface area contributed by atoms with E-state index in [1.807, 2.05) is 18.9 Å². The van der Waals surface area contributed by atoms with E-state index in [0.29, 0.717) is 18.7 Å². The van der Waals surface area contributed by atoms with E-state index in [-0.39, 0.29) is 36.1 Å². The summed E-state index contributed by atoms with van der Waals surface area (Å²) in [5.74, 6) is -0.272. The van der Waals surface area contributed by atoms with Crippen molar-refractivity contribution in [3.63, 3.8) is 0 Å². The van der Waals surface area contributed by atoms with Crippen molar-refractivity contribution in [3.05, 3.63) is 59.2 Å². The molecule has 1 amide bonds. The lowest BCUT2D eigenvalue weighted by Crippen LogP contribution is -2.49. The van der Waals surface area contributed by atoms with E-state index in [1.165, 1.54) is 30.3 Å². The number of anilines is 1. The number of rotatable bonds is 8. The molecule has 37 heavy (non-hydrogen) atoms. The molecule has 8 nitrogen and oxygen atoms in total. The molecule has 1 aliphatic heterocycles. The normalized spacial score (nSPS) is 19.6. The molecule has 12 heteroatoms. The van der Waals surface area contributed by atoms with Gasteiger partial charge in [0.2, 0.25) is 10.0 Å². The molecule has 0 saturated carbocycles. The molecule has 0 radical (unpaired) electrons. The highest BCUT2D eigenvalue weighted by molar-refractivity contribution is 7.92. The SMILES string of the molecule is C[C@@H]1CN([C@H](C)CO)C(=O)c2cc(NS(C)(=O)=O)ccc2O[C@H]1CN(C)Cc1ccc(C(F)(F)F)cc1. The van der Waals surface area contributed by atoms with E-state index in [2.05, 4.69) is 4.72 Å². The van der Waals surface area contributed by atoms with Crippen LogP contribution in [0.2, 0.25) is 0 Å². The number of benzene rings is 2. The highest BCUT2D eigenvalue weighted by Crippen LogP contribution is 2.32. The van der Waals surface area contributed by atoms with E-state index >= 15 is 0 Å². The molecule has 0 spiro atoms. The van der Waals surface area contributed by atoms with Crippen molar-refractivity contribution in [3.8, 4) is 5.75 Å². The molecule has 0 aliphatic carbocycles. The number of nitrogens with one attached hydrogen (secondary N) is 1. The first kappa shape index (κ1) is 28.7. The van der Waals surface area contributed by atoms with Crippen molar-refractivity contribution in [2.24, 2.45) is 5.92 Å². The van der Waals surface area contributed by atoms with Crippen LogP contribution in [0, 0.1) is 5.92 Å². The summed E-state index contributed by atoms with van der Waals surface area (Å²) in [7, 11) is -1.75. The average Bonchev–Trinajstić information content (AvgIpc) is 2.80. The van der Waals surface area contributed by atoms with Gasteiger partial charge in [0.25, 0.3) is 5.91 Å². The molecule has 2 N–H and O–H groups in total. The summed E-state index contributed by atoms with van der Waals surface area (Å²) < 4.78 is 70.6. The summed E-state index contributed by atoms with van der Waals surface area (Å²) in [6.45, 7) is 4.45. The van der Waals surface area contributed by atoms with Crippen LogP contribution in [0.15, 0.2) is 42.5 Å². The van der Waals surface area contributed by atoms with E-state index in [9.17, 15) is 31.5 Å². The topological polar surface area (TPSA) is 99.2 Å². The molecular weight excluding hydrogens is 511 g/mol. The fraction of sp³-hybridized carbons (Fsp3) is 0.480. The third-order valence-corrected chi connectivity index (χ3v) is 6.80. The lowest BCUT2D eigenvalue weighted by molar-refractivity contribution is -0.137. The molecule has 3 atom stereocenters. The molecule has 0 bridgehead atoms. The molecule has 1 heterocycles. The van der Waals surface area contributed by atoms with Crippen molar-refractivity contribution in [2.45, 2.75) is 38.7 Å². The number of carbonyl (C=O) groups is 1. The predicted octanol–water partition coefficient (Wildman–Crippen LogP) is 3.43. The zero-order chi connectivity index (χ0) is 27.5. The molecule has 1 aliphatic rings. The number of nitrogens with zero attached hydrogens (tertiary/aromatic N) is 2. The minimum absolute atomic E-state index is 0.157. The standard InChI is InChI=1S/C25H32F3N3O5S/c1-16-12-31(17(2)15-32)24(33)21-11-20(29-37(4,34)35)9-10-22(21)36-23(16)14-30(3)13-18-5-7-19(8-6-18)25(26,27)28/h5-11,16-17,23,29,32H,12-15H2,1-4H3/t16-,17-,23+/m1/s1. The number of carbonyl (C=O) groups excluding carboxylic acids is 1. The Morgan fingerprint density at radius 3 is 2.43 bits per heavy atom. The Kier molecular flexibility index (Phi) is 8.76. The zero-order valence-electron chi connectivity index (χ0n) is 21.1. The summed E-state index contributed by atoms with van der Waals surface area (Å²) in [6, 6.07) is 8.94. The van der Waals surface area contributed by atoms with Gasteiger partial charge in [0, 0.05) is 31.2 Å². The number of sulfonamides is 1. The minimum atomic E-state index is -4.40. The highest BCUT2D eigenvalue weighted by atomic mass is 32.2. The number of amides is 1. The van der Waals surface area contributed by atoms with Crippen LogP contribution >= 0.6 is 0 Å². The largest absolute Gasteiger partial charge is 0.488 e. The van der Waals surface area contributed by atoms with Gasteiger partial charge in [-0.15, -0.1) is 0 Å². The molecule has 0 saturated heterocycles. The first-order valence-electron chi connectivity index (χ1n) is 11.7. The minimum Gasteiger partial charge on any atom is -0.488 e. The lowest BCUT2D eigenvalue weighted by atomic mass is 9.99. The third-order valence-electron chi connectivity index (χ3n) is 6.19. The molecule has 3 rings (SSSR count). The number of hydrogen-bond donors (Lipinski definition) is 2. The summed E-state index contributed by atoms with van der Waals surface area (Å²) in [5.41, 5.74) is 0.368. The van der Waals surface area contributed by atoms with Crippen molar-refractivity contribution < 1.29 is 36.2 Å². The van der Waals surface area contributed by atoms with Crippen LogP contribution in [-0.2, 0) is 22.7 Å². The number of aliphatic hydroxyl groups excluding tert-OH is 1. The number of likely N-dealkylation sites (N-methyl/N-ethyl adjacent to an activating group) is 1. The lowest BCUT2D eigenvalue weighted by Gasteiger charge is -2.38. The third kappa shape index (κ3) is 7.59. The number of halogens is 3. The Balaban J connectivity index is 1.86. The quantitative estimate of drug-likeness (QED) is 0.530. The zero-order valence-corrected chi connectivity index (χ0v) is 21.9. The van der Waals surface area contributed by atoms with Gasteiger partial charge in [0.15, 0.2) is 0 Å². The summed E-state index contributed by atoms with van der Waals surface area (Å²) in [5, 5.41) is 9.76. The Morgan fingerprint density at radius 1 is 1.22 bits per heavy atom. The molecule has 0 fully saturated rings. The second-order valence-electron chi connectivity index (χ2n) is 9.60. The monoisotopic (exact) mass is 543 g/mol. The predicted molar refractivity (Wildman–Crippen MR) is 134 cm³/mol. The second kappa shape index (κ2) is 11.3. The second-order valence-corrected chi connectivity index (χ2v) is 11.3. The Bertz CT molecular complexity index is 1210. The number of alkyl halides is 3. The maximum absolute atomic E-state index is 13.4. The van der Waals surface area contributed by atoms with Crippen LogP contribution in [0.3, 0.4) is 0 Å². The number of fused-ring (bicyclic) bond motifs is 1. The number of ether oxygens (including phenoxy) is 1. The van der Waals surface area contributed by atoms with Gasteiger partial charge in [0.05, 0.1) is 30.0 Å². The Labute approximate surface area is 215 Å². The van der Waals surface area contributed by atoms with Crippen LogP contribution in [0.4, 0.5) is 18.9 Å². The van der Waals surface area contributed by atoms with E-state index in [4.69, 9.17) is 4.74 Å². The molecule has 0 aromatic heterocycles. The van der Waals surface area contributed by atoms with Gasteiger partial charge in [-0.2, -0.15) is 13.2 Å². The number of aliphatic hydroxyl groups is 1. The maximum Gasteiger partial charge on any atom is 0.416 e. The van der Waals surface area contributed by atoms with Crippen LogP contribution in [0.5, 0.6) is 5.75 Å². The molecule has 2 aromatic rings. The molecule has 204 valence electrons. The molecule has 0 unspecified atom stereocenters. The maximum atomic E-state index is 13.4. The van der Waals surface area contributed by atoms with Crippen LogP contribution in [0.25, 0.3) is 0 Å². The van der Waals surface area contributed by atoms with E-state index in [0.717, 1.165) is 18.4 Å². The van der Waals surface area contributed by atoms with Gasteiger partial charge in [-0.3, -0.25) is 14.4 Å². The van der Waals surface area contributed by atoms with Gasteiger partial charge < -0.3 is 14.7 Å². The van der Waals surface area contributed by atoms with Gasteiger partial charge in [0.1, 0.15) is 11.9 Å². The smallest absolute Gasteiger partial charge is 0.416 e. The average molecular weight is 544 g/mol. The van der Waals surface area contributed by atoms with Crippen molar-refractivity contribution in [2.75, 3.05) is 37.7 Å². The van der Waals surface area contributed by atoms with Crippen LogP contribution < -0.4 is 9.46 Å². The van der Waals surface area contributed by atoms with Gasteiger partial charge >= 0.3 is 6.18 Å². The van der Waals surface area contributed by atoms with Crippen molar-refractivity contribution in [1.82, 2.24) is 9.80 Å². The first-order chi connectivity index (χ1) is 17.2. The first-order valence-corrected chi connectivity index (χ1v) is 13.6. The van der Waals surface area contributed by atoms with Gasteiger partial charge in [-0.25, -0.2) is 8.42 Å². The summed E-state index contributed by atoms with van der Waals surface area (Å²) >= 11 is 0. The number of hydrogen-bond acceptors (Lipinski definition) is 6. The van der Waals surface area contributed by atoms with Crippen molar-refractivity contribution >= 4 is 21.6 Å². The Morgan fingerprint density at radius 2 is 1.86 bits per heavy atom. The highest BCUT2D eigenvalue weighted by Gasteiger charge is 2.34. The van der Waals surface area contributed by atoms with Crippen molar-refractivity contribution in [1.29, 1.82) is 0 Å². The summed E-state index contributed by atoms with van der Waals surface area (Å²) in [4.78, 5) is 16.9. The molecule has 2 aromatic carbocycles. The fourth-order valence-electron chi connectivity index (χ4n) is 4.20. The molecular formula is C25H32F3N3O5S. The van der Waals surface area contributed by atoms with Crippen LogP contribution in [0.1, 0.15) is 35.3 Å². The summed E-state index contributed by atoms with van der Waals surface area (Å²) in [6.07, 6.45) is -3.80. The van der Waals surface area contributed by atoms with E-state index in [1.54, 1.807) is 11.8 Å². The fourth-order valence-corrected chi connectivity index (χ4v) is 4.76. The van der Waals surface area contributed by atoms with Gasteiger partial charge in [-0.05, 0) is 49.9 Å².